The maximum absolute atomic E-state index is 11.4. The molecule has 2 nitrogen and oxygen atoms in total. The van der Waals surface area contributed by atoms with Crippen molar-refractivity contribution in [2.45, 2.75) is 33.7 Å². The van der Waals surface area contributed by atoms with E-state index in [0.717, 1.165) is 0 Å². The zero-order valence-corrected chi connectivity index (χ0v) is 8.24. The fourth-order valence-corrected chi connectivity index (χ4v) is 2.34. The van der Waals surface area contributed by atoms with Gasteiger partial charge in [0.15, 0.2) is 0 Å². The van der Waals surface area contributed by atoms with Crippen molar-refractivity contribution in [3.05, 3.63) is 0 Å². The SMILES string of the molecule is [B]N1C(=O)C(C)C(C(C)C)C1C. The Morgan fingerprint density at radius 1 is 1.42 bits per heavy atom. The van der Waals surface area contributed by atoms with Crippen LogP contribution in [0.1, 0.15) is 27.7 Å². The predicted octanol–water partition coefficient (Wildman–Crippen LogP) is 1.21. The summed E-state index contributed by atoms with van der Waals surface area (Å²) in [6, 6.07) is 0.188. The summed E-state index contributed by atoms with van der Waals surface area (Å²) < 4.78 is 0. The molecule has 3 heteroatoms. The topological polar surface area (TPSA) is 20.3 Å². The van der Waals surface area contributed by atoms with Gasteiger partial charge in [-0.1, -0.05) is 20.8 Å². The molecule has 2 radical (unpaired) electrons. The van der Waals surface area contributed by atoms with Gasteiger partial charge < -0.3 is 4.81 Å². The molecular weight excluding hydrogens is 149 g/mol. The first-order chi connectivity index (χ1) is 5.46. The summed E-state index contributed by atoms with van der Waals surface area (Å²) in [7, 11) is 5.62. The maximum Gasteiger partial charge on any atom is 0.230 e. The number of hydrogen-bond acceptors (Lipinski definition) is 1. The number of carbonyl (C=O) groups is 1. The molecule has 1 saturated heterocycles. The Kier molecular flexibility index (Phi) is 2.50. The third-order valence-electron chi connectivity index (χ3n) is 2.99. The molecule has 3 atom stereocenters. The smallest absolute Gasteiger partial charge is 0.230 e. The molecule has 66 valence electrons. The summed E-state index contributed by atoms with van der Waals surface area (Å²) in [6.45, 7) is 8.27. The van der Waals surface area contributed by atoms with Crippen molar-refractivity contribution in [3.63, 3.8) is 0 Å². The first-order valence-electron chi connectivity index (χ1n) is 4.54. The van der Waals surface area contributed by atoms with E-state index in [4.69, 9.17) is 7.98 Å². The van der Waals surface area contributed by atoms with Gasteiger partial charge in [0.25, 0.3) is 0 Å². The van der Waals surface area contributed by atoms with E-state index >= 15 is 0 Å². The van der Waals surface area contributed by atoms with Crippen LogP contribution in [0.25, 0.3) is 0 Å². The summed E-state index contributed by atoms with van der Waals surface area (Å²) in [5.74, 6) is 1.10. The van der Waals surface area contributed by atoms with Gasteiger partial charge in [-0.2, -0.15) is 0 Å². The van der Waals surface area contributed by atoms with Gasteiger partial charge in [0, 0.05) is 12.0 Å². The van der Waals surface area contributed by atoms with Crippen LogP contribution in [-0.4, -0.2) is 24.7 Å². The summed E-state index contributed by atoms with van der Waals surface area (Å²) >= 11 is 0. The van der Waals surface area contributed by atoms with Crippen molar-refractivity contribution in [1.29, 1.82) is 0 Å². The Labute approximate surface area is 75.7 Å². The molecule has 0 aromatic carbocycles. The molecule has 1 amide bonds. The quantitative estimate of drug-likeness (QED) is 0.534. The van der Waals surface area contributed by atoms with Crippen LogP contribution in [0.3, 0.4) is 0 Å². The zero-order chi connectivity index (χ0) is 9.46. The normalized spacial score (nSPS) is 36.6. The van der Waals surface area contributed by atoms with Gasteiger partial charge >= 0.3 is 0 Å². The number of nitrogens with zero attached hydrogens (tertiary/aromatic N) is 1. The molecule has 12 heavy (non-hydrogen) atoms. The fourth-order valence-electron chi connectivity index (χ4n) is 2.34. The van der Waals surface area contributed by atoms with Crippen molar-refractivity contribution >= 4 is 13.9 Å². The minimum Gasteiger partial charge on any atom is -0.394 e. The van der Waals surface area contributed by atoms with Gasteiger partial charge in [-0.3, -0.25) is 4.79 Å². The Bertz CT molecular complexity index is 193. The number of amides is 1. The van der Waals surface area contributed by atoms with E-state index in [1.807, 2.05) is 13.8 Å². The number of carbonyl (C=O) groups excluding carboxylic acids is 1. The van der Waals surface area contributed by atoms with E-state index in [1.165, 1.54) is 4.81 Å². The highest BCUT2D eigenvalue weighted by atomic mass is 16.2. The highest BCUT2D eigenvalue weighted by Crippen LogP contribution is 2.34. The van der Waals surface area contributed by atoms with E-state index in [1.54, 1.807) is 0 Å². The van der Waals surface area contributed by atoms with E-state index in [0.29, 0.717) is 11.8 Å². The van der Waals surface area contributed by atoms with E-state index in [9.17, 15) is 4.79 Å². The van der Waals surface area contributed by atoms with Gasteiger partial charge in [0.2, 0.25) is 13.9 Å². The first kappa shape index (κ1) is 9.62. The molecule has 1 heterocycles. The third-order valence-corrected chi connectivity index (χ3v) is 2.99. The number of rotatable bonds is 1. The highest BCUT2D eigenvalue weighted by molar-refractivity contribution is 6.15. The molecule has 1 fully saturated rings. The van der Waals surface area contributed by atoms with E-state index in [-0.39, 0.29) is 17.9 Å². The van der Waals surface area contributed by atoms with Crippen molar-refractivity contribution < 1.29 is 4.79 Å². The van der Waals surface area contributed by atoms with E-state index < -0.39 is 0 Å². The van der Waals surface area contributed by atoms with Crippen LogP contribution >= 0.6 is 0 Å². The molecule has 1 aliphatic rings. The fraction of sp³-hybridized carbons (Fsp3) is 0.889. The van der Waals surface area contributed by atoms with Crippen LogP contribution in [0.4, 0.5) is 0 Å². The summed E-state index contributed by atoms with van der Waals surface area (Å²) in [5, 5.41) is 0. The lowest BCUT2D eigenvalue weighted by Crippen LogP contribution is -2.31. The zero-order valence-electron chi connectivity index (χ0n) is 8.24. The molecule has 0 N–H and O–H groups in total. The lowest BCUT2D eigenvalue weighted by Gasteiger charge is -2.24. The van der Waals surface area contributed by atoms with Crippen molar-refractivity contribution in [3.8, 4) is 0 Å². The van der Waals surface area contributed by atoms with Gasteiger partial charge in [0.1, 0.15) is 0 Å². The standard InChI is InChI=1S/C9H16BNO/c1-5(2)8-6(3)9(12)11(10)7(8)4/h5-8H,1-4H3. The molecule has 1 rings (SSSR count). The summed E-state index contributed by atoms with van der Waals surface area (Å²) in [5.41, 5.74) is 0. The Balaban J connectivity index is 2.83. The van der Waals surface area contributed by atoms with Gasteiger partial charge in [-0.25, -0.2) is 0 Å². The average molecular weight is 165 g/mol. The summed E-state index contributed by atoms with van der Waals surface area (Å²) in [6.07, 6.45) is 0. The largest absolute Gasteiger partial charge is 0.394 e. The van der Waals surface area contributed by atoms with Crippen molar-refractivity contribution in [1.82, 2.24) is 4.81 Å². The lowest BCUT2D eigenvalue weighted by atomic mass is 9.83. The maximum atomic E-state index is 11.4. The third kappa shape index (κ3) is 1.25. The Morgan fingerprint density at radius 2 is 1.92 bits per heavy atom. The highest BCUT2D eigenvalue weighted by Gasteiger charge is 2.41. The number of hydrogen-bond donors (Lipinski definition) is 0. The molecule has 3 unspecified atom stereocenters. The van der Waals surface area contributed by atoms with Crippen molar-refractivity contribution in [2.24, 2.45) is 17.8 Å². The molecule has 0 aromatic rings. The van der Waals surface area contributed by atoms with Crippen LogP contribution in [0.2, 0.25) is 0 Å². The predicted molar refractivity (Wildman–Crippen MR) is 49.6 cm³/mol. The average Bonchev–Trinajstić information content (AvgIpc) is 2.16. The minimum atomic E-state index is 0.0844. The molecule has 0 spiro atoms. The molecular formula is C9H16BNO. The van der Waals surface area contributed by atoms with Crippen LogP contribution in [0, 0.1) is 17.8 Å². The second kappa shape index (κ2) is 3.12. The van der Waals surface area contributed by atoms with Crippen LogP contribution in [0.15, 0.2) is 0 Å². The second-order valence-corrected chi connectivity index (χ2v) is 4.10. The monoisotopic (exact) mass is 165 g/mol. The minimum absolute atomic E-state index is 0.0844. The van der Waals surface area contributed by atoms with Gasteiger partial charge in [-0.15, -0.1) is 0 Å². The Morgan fingerprint density at radius 3 is 2.08 bits per heavy atom. The van der Waals surface area contributed by atoms with Crippen LogP contribution < -0.4 is 0 Å². The second-order valence-electron chi connectivity index (χ2n) is 4.10. The molecule has 0 aromatic heterocycles. The van der Waals surface area contributed by atoms with Gasteiger partial charge in [-0.05, 0) is 18.8 Å². The Hall–Kier alpha value is -0.465. The van der Waals surface area contributed by atoms with E-state index in [2.05, 4.69) is 13.8 Å². The molecule has 0 bridgehead atoms. The molecule has 0 saturated carbocycles. The molecule has 0 aliphatic carbocycles. The first-order valence-corrected chi connectivity index (χ1v) is 4.54. The molecule has 1 aliphatic heterocycles. The van der Waals surface area contributed by atoms with Crippen LogP contribution in [-0.2, 0) is 4.79 Å². The van der Waals surface area contributed by atoms with Gasteiger partial charge in [0.05, 0.1) is 0 Å². The van der Waals surface area contributed by atoms with Crippen LogP contribution in [0.5, 0.6) is 0 Å². The lowest BCUT2D eigenvalue weighted by molar-refractivity contribution is -0.127. The summed E-state index contributed by atoms with van der Waals surface area (Å²) in [4.78, 5) is 12.8. The van der Waals surface area contributed by atoms with Crippen molar-refractivity contribution in [2.75, 3.05) is 0 Å².